The number of hydrogen-bond acceptors (Lipinski definition) is 2. The van der Waals surface area contributed by atoms with Gasteiger partial charge in [0.25, 0.3) is 0 Å². The first-order valence-corrected chi connectivity index (χ1v) is 11.2. The molecule has 162 valence electrons. The van der Waals surface area contributed by atoms with Crippen LogP contribution in [0.2, 0.25) is 0 Å². The van der Waals surface area contributed by atoms with Crippen LogP contribution in [0, 0.1) is 0 Å². The van der Waals surface area contributed by atoms with Crippen LogP contribution < -0.4 is 0 Å². The van der Waals surface area contributed by atoms with Crippen LogP contribution in [0.1, 0.15) is 22.8 Å². The summed E-state index contributed by atoms with van der Waals surface area (Å²) in [6.45, 7) is 0. The molecule has 0 aliphatic carbocycles. The first kappa shape index (κ1) is 18.7. The molecular formula is C28H20N6. The predicted octanol–water partition coefficient (Wildman–Crippen LogP) is 6.74. The molecule has 0 saturated heterocycles. The van der Waals surface area contributed by atoms with Gasteiger partial charge in [-0.15, -0.1) is 0 Å². The molecule has 6 heteroatoms. The van der Waals surface area contributed by atoms with Gasteiger partial charge in [0.1, 0.15) is 0 Å². The summed E-state index contributed by atoms with van der Waals surface area (Å²) in [5.41, 5.74) is 11.7. The van der Waals surface area contributed by atoms with Crippen LogP contribution in [0.5, 0.6) is 0 Å². The Hall–Kier alpha value is -4.84. The van der Waals surface area contributed by atoms with E-state index in [1.807, 2.05) is 36.4 Å². The summed E-state index contributed by atoms with van der Waals surface area (Å²) in [6, 6.07) is 24.8. The second kappa shape index (κ2) is 7.35. The molecule has 2 aliphatic heterocycles. The van der Waals surface area contributed by atoms with Crippen molar-refractivity contribution in [2.45, 2.75) is 0 Å². The second-order valence-electron chi connectivity index (χ2n) is 8.48. The van der Waals surface area contributed by atoms with Gasteiger partial charge in [-0.25, -0.2) is 9.97 Å². The number of H-pyrrole nitrogens is 4. The molecule has 7 heterocycles. The van der Waals surface area contributed by atoms with E-state index < -0.39 is 0 Å². The Morgan fingerprint density at radius 1 is 0.382 bits per heavy atom. The van der Waals surface area contributed by atoms with E-state index in [0.717, 1.165) is 66.9 Å². The van der Waals surface area contributed by atoms with Gasteiger partial charge in [0.05, 0.1) is 33.8 Å². The molecule has 0 fully saturated rings. The van der Waals surface area contributed by atoms with Crippen molar-refractivity contribution in [3.8, 4) is 0 Å². The Morgan fingerprint density at radius 2 is 0.765 bits per heavy atom. The lowest BCUT2D eigenvalue weighted by Gasteiger charge is -1.86. The van der Waals surface area contributed by atoms with Crippen molar-refractivity contribution in [1.29, 1.82) is 0 Å². The van der Waals surface area contributed by atoms with Gasteiger partial charge in [0.15, 0.2) is 0 Å². The van der Waals surface area contributed by atoms with Crippen LogP contribution in [0.25, 0.3) is 68.4 Å². The molecule has 6 nitrogen and oxygen atoms in total. The third-order valence-electron chi connectivity index (χ3n) is 5.98. The van der Waals surface area contributed by atoms with E-state index in [9.17, 15) is 0 Å². The fourth-order valence-corrected chi connectivity index (χ4v) is 4.36. The average Bonchev–Trinajstić information content (AvgIpc) is 3.64. The summed E-state index contributed by atoms with van der Waals surface area (Å²) in [4.78, 5) is 23.4. The van der Waals surface area contributed by atoms with E-state index in [2.05, 4.69) is 80.6 Å². The molecule has 0 radical (unpaired) electrons. The Morgan fingerprint density at radius 3 is 1.24 bits per heavy atom. The molecular weight excluding hydrogens is 420 g/mol. The maximum Gasteiger partial charge on any atom is 0.0872 e. The number of nitrogens with one attached hydrogen (secondary N) is 4. The Balaban J connectivity index is 1.50. The summed E-state index contributed by atoms with van der Waals surface area (Å²) in [5.74, 6) is 0. The van der Waals surface area contributed by atoms with Crippen LogP contribution in [0.3, 0.4) is 0 Å². The van der Waals surface area contributed by atoms with E-state index in [1.165, 1.54) is 0 Å². The van der Waals surface area contributed by atoms with Crippen molar-refractivity contribution in [3.63, 3.8) is 0 Å². The highest BCUT2D eigenvalue weighted by Gasteiger charge is 2.04. The first-order valence-electron chi connectivity index (χ1n) is 11.2. The van der Waals surface area contributed by atoms with Crippen LogP contribution in [-0.4, -0.2) is 29.9 Å². The molecule has 2 aliphatic rings. The van der Waals surface area contributed by atoms with Gasteiger partial charge in [-0.1, -0.05) is 0 Å². The number of nitrogens with zero attached hydrogens (tertiary/aromatic N) is 2. The topological polar surface area (TPSA) is 88.9 Å². The Bertz CT molecular complexity index is 1740. The maximum absolute atomic E-state index is 4.78. The zero-order valence-electron chi connectivity index (χ0n) is 18.1. The first-order chi connectivity index (χ1) is 16.7. The number of aromatic amines is 4. The summed E-state index contributed by atoms with van der Waals surface area (Å²) < 4.78 is 0. The summed E-state index contributed by atoms with van der Waals surface area (Å²) in [5, 5.41) is 0. The highest BCUT2D eigenvalue weighted by molar-refractivity contribution is 5.83. The molecule has 7 rings (SSSR count). The predicted molar refractivity (Wildman–Crippen MR) is 140 cm³/mol. The molecule has 0 spiro atoms. The Kier molecular flexibility index (Phi) is 4.04. The third kappa shape index (κ3) is 3.47. The van der Waals surface area contributed by atoms with Gasteiger partial charge in [-0.05, 0) is 97.1 Å². The fraction of sp³-hybridized carbons (Fsp3) is 0. The quantitative estimate of drug-likeness (QED) is 0.210. The van der Waals surface area contributed by atoms with Gasteiger partial charge in [-0.2, -0.15) is 0 Å². The lowest BCUT2D eigenvalue weighted by molar-refractivity contribution is 1.32. The molecule has 0 saturated carbocycles. The molecule has 0 amide bonds. The number of hydrogen-bond donors (Lipinski definition) is 4. The van der Waals surface area contributed by atoms with Crippen LogP contribution >= 0.6 is 0 Å². The minimum absolute atomic E-state index is 0.909. The van der Waals surface area contributed by atoms with Crippen molar-refractivity contribution in [3.05, 3.63) is 95.6 Å². The fourth-order valence-electron chi connectivity index (χ4n) is 4.36. The van der Waals surface area contributed by atoms with Crippen molar-refractivity contribution in [2.24, 2.45) is 0 Å². The van der Waals surface area contributed by atoms with Gasteiger partial charge < -0.3 is 19.9 Å². The lowest BCUT2D eigenvalue weighted by atomic mass is 10.3. The largest absolute Gasteiger partial charge is 0.355 e. The second-order valence-corrected chi connectivity index (χ2v) is 8.48. The van der Waals surface area contributed by atoms with Crippen LogP contribution in [0.15, 0.2) is 72.8 Å². The molecule has 0 unspecified atom stereocenters. The van der Waals surface area contributed by atoms with Crippen molar-refractivity contribution < 1.29 is 0 Å². The van der Waals surface area contributed by atoms with E-state index in [1.54, 1.807) is 0 Å². The smallest absolute Gasteiger partial charge is 0.0872 e. The Labute approximate surface area is 194 Å². The van der Waals surface area contributed by atoms with E-state index in [0.29, 0.717) is 0 Å². The van der Waals surface area contributed by atoms with Gasteiger partial charge in [0, 0.05) is 33.1 Å². The van der Waals surface area contributed by atoms with Crippen molar-refractivity contribution in [2.75, 3.05) is 0 Å². The van der Waals surface area contributed by atoms with Crippen molar-refractivity contribution >= 4 is 68.4 Å². The lowest BCUT2D eigenvalue weighted by Crippen LogP contribution is -1.76. The van der Waals surface area contributed by atoms with Gasteiger partial charge >= 0.3 is 0 Å². The number of rotatable bonds is 0. The normalized spacial score (nSPS) is 12.5. The average molecular weight is 441 g/mol. The molecule has 12 bridgehead atoms. The molecule has 5 aromatic heterocycles. The highest BCUT2D eigenvalue weighted by Crippen LogP contribution is 2.20. The van der Waals surface area contributed by atoms with Crippen molar-refractivity contribution in [1.82, 2.24) is 29.9 Å². The van der Waals surface area contributed by atoms with Crippen LogP contribution in [0.4, 0.5) is 0 Å². The van der Waals surface area contributed by atoms with Gasteiger partial charge in [0.2, 0.25) is 0 Å². The molecule has 5 aromatic rings. The minimum Gasteiger partial charge on any atom is -0.355 e. The SMILES string of the molecule is C1=Cc2nc1cc1ccc(cc3nc(c4ccc(cc5ccc(cc6ccc2[nH]6)[nH]5)[nH]4)C=C3)[nH]1. The summed E-state index contributed by atoms with van der Waals surface area (Å²) >= 11 is 0. The molecule has 34 heavy (non-hydrogen) atoms. The van der Waals surface area contributed by atoms with E-state index in [-0.39, 0.29) is 0 Å². The van der Waals surface area contributed by atoms with E-state index in [4.69, 9.17) is 9.97 Å². The highest BCUT2D eigenvalue weighted by atomic mass is 14.8. The monoisotopic (exact) mass is 440 g/mol. The molecule has 0 aromatic carbocycles. The van der Waals surface area contributed by atoms with Crippen LogP contribution in [-0.2, 0) is 0 Å². The summed E-state index contributed by atoms with van der Waals surface area (Å²) in [6.07, 6.45) is 8.13. The summed E-state index contributed by atoms with van der Waals surface area (Å²) in [7, 11) is 0. The molecule has 0 atom stereocenters. The molecule has 4 N–H and O–H groups in total. The minimum atomic E-state index is 0.909. The third-order valence-corrected chi connectivity index (χ3v) is 5.98. The maximum atomic E-state index is 4.78. The number of fused-ring (bicyclic) bond motifs is 14. The zero-order chi connectivity index (χ0) is 22.5. The number of aromatic nitrogens is 6. The van der Waals surface area contributed by atoms with E-state index >= 15 is 0 Å². The van der Waals surface area contributed by atoms with Gasteiger partial charge in [-0.3, -0.25) is 0 Å². The zero-order valence-corrected chi connectivity index (χ0v) is 18.1. The standard InChI is InChI=1S/C28H20N6/c1-2-18-14-22-6-10-27(32-22)28-12-8-24(34-28)16-20-4-3-19(30-20)15-23-7-11-26(33-23)25-9-5-21(31-25)13-17(1)29-18/h1-16,29-32H.